The summed E-state index contributed by atoms with van der Waals surface area (Å²) < 4.78 is 0. The quantitative estimate of drug-likeness (QED) is 0.163. The van der Waals surface area contributed by atoms with Crippen LogP contribution in [-0.2, 0) is 0 Å². The topological polar surface area (TPSA) is 51.6 Å². The van der Waals surface area contributed by atoms with E-state index in [4.69, 9.17) is 19.9 Å². The van der Waals surface area contributed by atoms with Crippen molar-refractivity contribution in [1.29, 1.82) is 0 Å². The zero-order valence-corrected chi connectivity index (χ0v) is 29.3. The van der Waals surface area contributed by atoms with E-state index in [2.05, 4.69) is 140 Å². The van der Waals surface area contributed by atoms with Gasteiger partial charge in [0.1, 0.15) is 0 Å². The summed E-state index contributed by atoms with van der Waals surface area (Å²) in [7, 11) is 0. The highest BCUT2D eigenvalue weighted by atomic mass is 14.9. The van der Waals surface area contributed by atoms with Crippen molar-refractivity contribution in [2.24, 2.45) is 0 Å². The molecule has 0 aliphatic carbocycles. The van der Waals surface area contributed by atoms with Gasteiger partial charge in [-0.15, -0.1) is 0 Å². The Hall–Kier alpha value is -7.30. The zero-order chi connectivity index (χ0) is 35.8. The predicted molar refractivity (Wildman–Crippen MR) is 223 cm³/mol. The van der Waals surface area contributed by atoms with Gasteiger partial charge in [-0.2, -0.15) is 0 Å². The minimum atomic E-state index is 0.689. The van der Waals surface area contributed by atoms with Crippen LogP contribution in [0.2, 0.25) is 0 Å². The van der Waals surface area contributed by atoms with Crippen LogP contribution in [0.3, 0.4) is 0 Å². The minimum absolute atomic E-state index is 0.689. The summed E-state index contributed by atoms with van der Waals surface area (Å²) in [6, 6.07) is 67.4. The highest BCUT2D eigenvalue weighted by Gasteiger charge is 2.15. The summed E-state index contributed by atoms with van der Waals surface area (Å²) in [5.74, 6) is 0.689. The van der Waals surface area contributed by atoms with Crippen LogP contribution in [0.5, 0.6) is 0 Å². The number of hydrogen-bond donors (Lipinski definition) is 0. The number of aromatic nitrogens is 4. The maximum absolute atomic E-state index is 5.30. The zero-order valence-electron chi connectivity index (χ0n) is 29.3. The number of benzene rings is 7. The minimum Gasteiger partial charge on any atom is -0.245 e. The number of fused-ring (bicyclic) bond motifs is 4. The Bertz CT molecular complexity index is 2920. The second-order valence-corrected chi connectivity index (χ2v) is 13.4. The first kappa shape index (κ1) is 31.4. The molecule has 3 aromatic heterocycles. The fourth-order valence-electron chi connectivity index (χ4n) is 7.38. The van der Waals surface area contributed by atoms with E-state index in [1.165, 1.54) is 0 Å². The van der Waals surface area contributed by atoms with Gasteiger partial charge in [0, 0.05) is 38.6 Å². The number of rotatable bonds is 6. The molecule has 252 valence electrons. The molecule has 0 saturated heterocycles. The van der Waals surface area contributed by atoms with Gasteiger partial charge < -0.3 is 0 Å². The molecule has 0 amide bonds. The molecule has 54 heavy (non-hydrogen) atoms. The molecule has 0 atom stereocenters. The van der Waals surface area contributed by atoms with Crippen LogP contribution < -0.4 is 0 Å². The van der Waals surface area contributed by atoms with Gasteiger partial charge in [0.05, 0.1) is 33.8 Å². The van der Waals surface area contributed by atoms with Crippen molar-refractivity contribution in [3.63, 3.8) is 0 Å². The lowest BCUT2D eigenvalue weighted by Gasteiger charge is -2.14. The van der Waals surface area contributed by atoms with Gasteiger partial charge in [-0.3, -0.25) is 0 Å². The first-order valence-corrected chi connectivity index (χ1v) is 18.1. The third kappa shape index (κ3) is 5.76. The van der Waals surface area contributed by atoms with Crippen molar-refractivity contribution in [2.75, 3.05) is 0 Å². The van der Waals surface area contributed by atoms with Crippen molar-refractivity contribution < 1.29 is 0 Å². The number of hydrogen-bond acceptors (Lipinski definition) is 4. The Balaban J connectivity index is 1.08. The van der Waals surface area contributed by atoms with Crippen LogP contribution in [0.4, 0.5) is 0 Å². The maximum atomic E-state index is 5.30. The second kappa shape index (κ2) is 13.4. The highest BCUT2D eigenvalue weighted by molar-refractivity contribution is 6.07. The number of pyridine rings is 2. The Morgan fingerprint density at radius 3 is 1.31 bits per heavy atom. The van der Waals surface area contributed by atoms with E-state index in [1.807, 2.05) is 54.6 Å². The monoisotopic (exact) mass is 688 g/mol. The molecule has 0 unspecified atom stereocenters. The van der Waals surface area contributed by atoms with E-state index < -0.39 is 0 Å². The van der Waals surface area contributed by atoms with Gasteiger partial charge in [0.2, 0.25) is 0 Å². The summed E-state index contributed by atoms with van der Waals surface area (Å²) >= 11 is 0. The van der Waals surface area contributed by atoms with Gasteiger partial charge in [0.15, 0.2) is 5.82 Å². The van der Waals surface area contributed by atoms with E-state index in [-0.39, 0.29) is 0 Å². The molecule has 0 saturated carbocycles. The van der Waals surface area contributed by atoms with Crippen LogP contribution in [0.25, 0.3) is 100 Å². The average Bonchev–Trinajstić information content (AvgIpc) is 3.26. The van der Waals surface area contributed by atoms with E-state index in [0.717, 1.165) is 94.3 Å². The molecule has 0 aliphatic rings. The van der Waals surface area contributed by atoms with Crippen molar-refractivity contribution in [3.05, 3.63) is 194 Å². The Labute approximate surface area is 313 Å². The standard InChI is InChI=1S/C50H32N4/c1-4-13-33(14-5-1)44-29-25-36-23-24-37-26-30-45(52-49(37)48(36)51-44)43-28-27-40(41-21-10-11-22-42(41)43)38-19-12-20-39(31-38)50-53-46(34-15-6-2-7-16-34)32-47(54-50)35-17-8-3-9-18-35/h1-32H. The normalized spacial score (nSPS) is 11.3. The summed E-state index contributed by atoms with van der Waals surface area (Å²) in [6.07, 6.45) is 0. The van der Waals surface area contributed by atoms with Crippen molar-refractivity contribution >= 4 is 32.6 Å². The Kier molecular flexibility index (Phi) is 7.77. The second-order valence-electron chi connectivity index (χ2n) is 13.4. The van der Waals surface area contributed by atoms with E-state index in [9.17, 15) is 0 Å². The van der Waals surface area contributed by atoms with Gasteiger partial charge in [0.25, 0.3) is 0 Å². The first-order chi connectivity index (χ1) is 26.7. The molecule has 3 heterocycles. The van der Waals surface area contributed by atoms with E-state index in [1.54, 1.807) is 0 Å². The van der Waals surface area contributed by atoms with Gasteiger partial charge in [-0.1, -0.05) is 170 Å². The summed E-state index contributed by atoms with van der Waals surface area (Å²) in [4.78, 5) is 20.6. The lowest BCUT2D eigenvalue weighted by atomic mass is 9.92. The molecule has 10 aromatic rings. The molecule has 0 fully saturated rings. The Morgan fingerprint density at radius 2 is 0.704 bits per heavy atom. The van der Waals surface area contributed by atoms with Crippen molar-refractivity contribution in [1.82, 2.24) is 19.9 Å². The fraction of sp³-hybridized carbons (Fsp3) is 0. The van der Waals surface area contributed by atoms with Gasteiger partial charge in [-0.05, 0) is 46.2 Å². The third-order valence-electron chi connectivity index (χ3n) is 10.1. The van der Waals surface area contributed by atoms with Crippen LogP contribution >= 0.6 is 0 Å². The van der Waals surface area contributed by atoms with E-state index >= 15 is 0 Å². The fourth-order valence-corrected chi connectivity index (χ4v) is 7.38. The summed E-state index contributed by atoms with van der Waals surface area (Å²) in [5.41, 5.74) is 12.9. The maximum Gasteiger partial charge on any atom is 0.160 e. The highest BCUT2D eigenvalue weighted by Crippen LogP contribution is 2.38. The summed E-state index contributed by atoms with van der Waals surface area (Å²) in [5, 5.41) is 4.43. The van der Waals surface area contributed by atoms with Crippen LogP contribution in [0, 0.1) is 0 Å². The third-order valence-corrected chi connectivity index (χ3v) is 10.1. The molecule has 0 radical (unpaired) electrons. The smallest absolute Gasteiger partial charge is 0.160 e. The van der Waals surface area contributed by atoms with E-state index in [0.29, 0.717) is 5.82 Å². The Morgan fingerprint density at radius 1 is 0.259 bits per heavy atom. The summed E-state index contributed by atoms with van der Waals surface area (Å²) in [6.45, 7) is 0. The SMILES string of the molecule is c1ccc(-c2cc(-c3ccccc3)nc(-c3cccc(-c4ccc(-c5ccc6ccc7ccc(-c8ccccc8)nc7c6n5)c5ccccc45)c3)n2)cc1. The van der Waals surface area contributed by atoms with Crippen molar-refractivity contribution in [3.8, 4) is 67.5 Å². The predicted octanol–water partition coefficient (Wildman–Crippen LogP) is 12.7. The van der Waals surface area contributed by atoms with Crippen molar-refractivity contribution in [2.45, 2.75) is 0 Å². The lowest BCUT2D eigenvalue weighted by molar-refractivity contribution is 1.18. The average molecular weight is 689 g/mol. The van der Waals surface area contributed by atoms with Gasteiger partial charge >= 0.3 is 0 Å². The molecule has 4 heteroatoms. The lowest BCUT2D eigenvalue weighted by Crippen LogP contribution is -1.96. The molecular weight excluding hydrogens is 657 g/mol. The molecule has 4 nitrogen and oxygen atoms in total. The van der Waals surface area contributed by atoms with Crippen LogP contribution in [-0.4, -0.2) is 19.9 Å². The molecular formula is C50H32N4. The number of nitrogens with zero attached hydrogens (tertiary/aromatic N) is 4. The van der Waals surface area contributed by atoms with Crippen LogP contribution in [0.15, 0.2) is 194 Å². The molecule has 10 rings (SSSR count). The molecule has 7 aromatic carbocycles. The van der Waals surface area contributed by atoms with Crippen LogP contribution in [0.1, 0.15) is 0 Å². The first-order valence-electron chi connectivity index (χ1n) is 18.1. The molecule has 0 N–H and O–H groups in total. The molecule has 0 bridgehead atoms. The molecule has 0 spiro atoms. The van der Waals surface area contributed by atoms with Gasteiger partial charge in [-0.25, -0.2) is 19.9 Å². The largest absolute Gasteiger partial charge is 0.245 e. The molecule has 0 aliphatic heterocycles.